The van der Waals surface area contributed by atoms with E-state index in [0.29, 0.717) is 0 Å². The van der Waals surface area contributed by atoms with Crippen LogP contribution in [0.15, 0.2) is 12.3 Å². The summed E-state index contributed by atoms with van der Waals surface area (Å²) in [5.74, 6) is 2.31. The Kier molecular flexibility index (Phi) is 9.72. The van der Waals surface area contributed by atoms with Crippen molar-refractivity contribution in [1.29, 1.82) is 0 Å². The fourth-order valence-corrected chi connectivity index (χ4v) is 1.40. The van der Waals surface area contributed by atoms with Crippen LogP contribution in [0.4, 0.5) is 0 Å². The summed E-state index contributed by atoms with van der Waals surface area (Å²) in [6.45, 7) is 0. The van der Waals surface area contributed by atoms with Gasteiger partial charge in [-0.05, 0) is 31.8 Å². The van der Waals surface area contributed by atoms with Gasteiger partial charge in [0.05, 0.1) is 0 Å². The lowest BCUT2D eigenvalue weighted by molar-refractivity contribution is 0.941. The highest BCUT2D eigenvalue weighted by Crippen LogP contribution is 2.02. The molecule has 11 heavy (non-hydrogen) atoms. The Morgan fingerprint density at radius 1 is 1.36 bits per heavy atom. The maximum absolute atomic E-state index is 3.10. The van der Waals surface area contributed by atoms with E-state index in [-0.39, 0.29) is 0 Å². The molecule has 0 aliphatic rings. The Labute approximate surface area is 73.8 Å². The van der Waals surface area contributed by atoms with E-state index < -0.39 is 0 Å². The molecule has 2 nitrogen and oxygen atoms in total. The van der Waals surface area contributed by atoms with Gasteiger partial charge in [-0.15, -0.1) is 11.8 Å². The molecule has 0 fully saturated rings. The number of allylic oxidation sites excluding steroid dienone is 1. The van der Waals surface area contributed by atoms with Crippen LogP contribution in [0.3, 0.4) is 0 Å². The molecule has 0 radical (unpaired) electrons. The van der Waals surface area contributed by atoms with Crippen molar-refractivity contribution < 1.29 is 0 Å². The van der Waals surface area contributed by atoms with Gasteiger partial charge in [-0.2, -0.15) is 0 Å². The lowest BCUT2D eigenvalue weighted by Crippen LogP contribution is -2.03. The summed E-state index contributed by atoms with van der Waals surface area (Å²) < 4.78 is 0. The molecule has 0 heterocycles. The van der Waals surface area contributed by atoms with Gasteiger partial charge < -0.3 is 10.6 Å². The van der Waals surface area contributed by atoms with Gasteiger partial charge in [0.1, 0.15) is 0 Å². The molecule has 2 N–H and O–H groups in total. The van der Waals surface area contributed by atoms with Crippen molar-refractivity contribution in [3.05, 3.63) is 12.3 Å². The fourth-order valence-electron chi connectivity index (χ4n) is 0.679. The quantitative estimate of drug-likeness (QED) is 0.451. The molecule has 0 amide bonds. The van der Waals surface area contributed by atoms with Gasteiger partial charge in [-0.1, -0.05) is 6.08 Å². The fraction of sp³-hybridized carbons (Fsp3) is 0.750. The Balaban J connectivity index is 2.85. The highest BCUT2D eigenvalue weighted by molar-refractivity contribution is 7.99. The molecule has 66 valence electrons. The van der Waals surface area contributed by atoms with Gasteiger partial charge in [-0.3, -0.25) is 0 Å². The van der Waals surface area contributed by atoms with Crippen molar-refractivity contribution in [3.63, 3.8) is 0 Å². The lowest BCUT2D eigenvalue weighted by atomic mass is 10.3. The van der Waals surface area contributed by atoms with Gasteiger partial charge in [-0.25, -0.2) is 0 Å². The molecule has 0 aliphatic carbocycles. The number of hydrogen-bond acceptors (Lipinski definition) is 3. The summed E-state index contributed by atoms with van der Waals surface area (Å²) in [6, 6.07) is 0. The molecular weight excluding hydrogens is 156 g/mol. The molecule has 0 atom stereocenters. The Morgan fingerprint density at radius 2 is 2.18 bits per heavy atom. The Hall–Kier alpha value is -0.150. The molecule has 0 aliphatic heterocycles. The molecule has 0 bridgehead atoms. The van der Waals surface area contributed by atoms with Crippen LogP contribution in [0.1, 0.15) is 12.8 Å². The predicted octanol–water partition coefficient (Wildman–Crippen LogP) is 1.41. The van der Waals surface area contributed by atoms with Crippen LogP contribution in [0, 0.1) is 0 Å². The number of nitrogens with one attached hydrogen (secondary N) is 2. The average molecular weight is 174 g/mol. The second-order valence-electron chi connectivity index (χ2n) is 2.24. The summed E-state index contributed by atoms with van der Waals surface area (Å²) in [5.41, 5.74) is 0. The molecule has 0 unspecified atom stereocenters. The molecule has 0 saturated carbocycles. The lowest BCUT2D eigenvalue weighted by Gasteiger charge is -1.97. The normalized spacial score (nSPS) is 10.7. The van der Waals surface area contributed by atoms with Gasteiger partial charge in [0.15, 0.2) is 0 Å². The van der Waals surface area contributed by atoms with Crippen LogP contribution >= 0.6 is 11.8 Å². The first kappa shape index (κ1) is 10.8. The van der Waals surface area contributed by atoms with E-state index in [4.69, 9.17) is 0 Å². The summed E-state index contributed by atoms with van der Waals surface area (Å²) >= 11 is 1.95. The van der Waals surface area contributed by atoms with Gasteiger partial charge >= 0.3 is 0 Å². The van der Waals surface area contributed by atoms with E-state index in [1.165, 1.54) is 18.6 Å². The highest BCUT2D eigenvalue weighted by atomic mass is 32.2. The topological polar surface area (TPSA) is 24.1 Å². The van der Waals surface area contributed by atoms with E-state index in [9.17, 15) is 0 Å². The van der Waals surface area contributed by atoms with E-state index in [1.807, 2.05) is 32.1 Å². The zero-order valence-corrected chi connectivity index (χ0v) is 8.21. The Bertz CT molecular complexity index is 94.1. The zero-order chi connectivity index (χ0) is 8.36. The third-order valence-electron chi connectivity index (χ3n) is 1.19. The van der Waals surface area contributed by atoms with Crippen molar-refractivity contribution >= 4 is 11.8 Å². The van der Waals surface area contributed by atoms with Gasteiger partial charge in [0.25, 0.3) is 0 Å². The number of unbranched alkanes of at least 4 members (excludes halogenated alkanes) is 1. The van der Waals surface area contributed by atoms with Gasteiger partial charge in [0, 0.05) is 12.9 Å². The maximum Gasteiger partial charge on any atom is 0.0415 e. The monoisotopic (exact) mass is 174 g/mol. The number of hydrogen-bond donors (Lipinski definition) is 2. The molecule has 0 spiro atoms. The second-order valence-corrected chi connectivity index (χ2v) is 3.34. The van der Waals surface area contributed by atoms with Crippen molar-refractivity contribution in [2.45, 2.75) is 12.8 Å². The van der Waals surface area contributed by atoms with Crippen molar-refractivity contribution in [3.8, 4) is 0 Å². The van der Waals surface area contributed by atoms with Crippen molar-refractivity contribution in [1.82, 2.24) is 10.6 Å². The third kappa shape index (κ3) is 9.85. The van der Waals surface area contributed by atoms with Crippen LogP contribution in [-0.2, 0) is 0 Å². The minimum atomic E-state index is 1.07. The van der Waals surface area contributed by atoms with E-state index >= 15 is 0 Å². The third-order valence-corrected chi connectivity index (χ3v) is 2.26. The van der Waals surface area contributed by atoms with Crippen LogP contribution in [-0.4, -0.2) is 25.7 Å². The summed E-state index contributed by atoms with van der Waals surface area (Å²) in [4.78, 5) is 0. The van der Waals surface area contributed by atoms with Crippen LogP contribution in [0.25, 0.3) is 0 Å². The summed E-state index contributed by atoms with van der Waals surface area (Å²) in [7, 11) is 3.90. The Morgan fingerprint density at radius 3 is 2.82 bits per heavy atom. The second kappa shape index (κ2) is 9.85. The molecule has 0 aromatic carbocycles. The van der Waals surface area contributed by atoms with Crippen LogP contribution in [0.5, 0.6) is 0 Å². The first-order valence-corrected chi connectivity index (χ1v) is 5.12. The molecule has 0 aromatic heterocycles. The summed E-state index contributed by atoms with van der Waals surface area (Å²) in [6.07, 6.45) is 6.60. The standard InChI is InChI=1S/C8H18N2S/c1-9-6-4-3-5-7-11-8-10-2/h4,6,9-10H,3,5,7-8H2,1-2H3/b6-4-. The first-order valence-electron chi connectivity index (χ1n) is 3.96. The van der Waals surface area contributed by atoms with E-state index in [0.717, 1.165) is 5.88 Å². The maximum atomic E-state index is 3.10. The van der Waals surface area contributed by atoms with Crippen LogP contribution < -0.4 is 10.6 Å². The molecule has 0 aromatic rings. The number of thioether (sulfide) groups is 1. The predicted molar refractivity (Wildman–Crippen MR) is 53.8 cm³/mol. The van der Waals surface area contributed by atoms with E-state index in [1.54, 1.807) is 0 Å². The zero-order valence-electron chi connectivity index (χ0n) is 7.39. The smallest absolute Gasteiger partial charge is 0.0415 e. The van der Waals surface area contributed by atoms with E-state index in [2.05, 4.69) is 16.7 Å². The van der Waals surface area contributed by atoms with Crippen molar-refractivity contribution in [2.75, 3.05) is 25.7 Å². The highest BCUT2D eigenvalue weighted by Gasteiger charge is 1.84. The minimum Gasteiger partial charge on any atom is -0.394 e. The first-order chi connectivity index (χ1) is 5.41. The summed E-state index contributed by atoms with van der Waals surface area (Å²) in [5, 5.41) is 6.07. The minimum absolute atomic E-state index is 1.07. The average Bonchev–Trinajstić information content (AvgIpc) is 2.03. The molecule has 0 rings (SSSR count). The molecule has 3 heteroatoms. The van der Waals surface area contributed by atoms with Crippen molar-refractivity contribution in [2.24, 2.45) is 0 Å². The van der Waals surface area contributed by atoms with Crippen LogP contribution in [0.2, 0.25) is 0 Å². The SMILES string of the molecule is CN/C=C\CCCSCNC. The van der Waals surface area contributed by atoms with Gasteiger partial charge in [0.2, 0.25) is 0 Å². The number of rotatable bonds is 7. The molecule has 0 saturated heterocycles. The molecular formula is C8H18N2S. The largest absolute Gasteiger partial charge is 0.394 e.